The number of carboxylic acids is 1. The molecule has 0 aromatic carbocycles. The maximum absolute atomic E-state index is 14.3. The van der Waals surface area contributed by atoms with Gasteiger partial charge in [0.15, 0.2) is 0 Å². The van der Waals surface area contributed by atoms with Gasteiger partial charge in [0.05, 0.1) is 30.3 Å². The maximum atomic E-state index is 14.3. The van der Waals surface area contributed by atoms with Crippen LogP contribution < -0.4 is 10.8 Å². The molecule has 5 aliphatic carbocycles. The van der Waals surface area contributed by atoms with Gasteiger partial charge in [-0.15, -0.1) is 0 Å². The van der Waals surface area contributed by atoms with E-state index in [9.17, 15) is 14.7 Å². The highest BCUT2D eigenvalue weighted by Crippen LogP contribution is 2.52. The number of carbonyl (C=O) groups is 2. The summed E-state index contributed by atoms with van der Waals surface area (Å²) in [5, 5.41) is 13.9. The Hall–Kier alpha value is -1.14. The van der Waals surface area contributed by atoms with Gasteiger partial charge in [-0.1, -0.05) is 25.7 Å². The number of fused-ring (bicyclic) bond motifs is 3. The molecule has 0 radical (unpaired) electrons. The molecule has 0 aromatic rings. The van der Waals surface area contributed by atoms with Crippen molar-refractivity contribution < 1.29 is 29.0 Å². The number of rotatable bonds is 6. The fourth-order valence-corrected chi connectivity index (χ4v) is 11.0. The number of Topliss-reactive ketones (excluding diaryl/α,β-unsaturated/α-hetero) is 1. The van der Waals surface area contributed by atoms with E-state index in [1.165, 1.54) is 12.8 Å². The first-order chi connectivity index (χ1) is 21.0. The minimum absolute atomic E-state index is 0.0134. The van der Waals surface area contributed by atoms with Crippen molar-refractivity contribution in [3.05, 3.63) is 0 Å². The molecule has 13 unspecified atom stereocenters. The molecular weight excluding hydrogens is 548 g/mol. The minimum atomic E-state index is -0.690. The molecule has 5 saturated carbocycles. The lowest BCUT2D eigenvalue weighted by Gasteiger charge is -2.54. The van der Waals surface area contributed by atoms with Crippen molar-refractivity contribution in [3.8, 4) is 0 Å². The third-order valence-electron chi connectivity index (χ3n) is 13.1. The molecule has 8 fully saturated rings. The molecule has 43 heavy (non-hydrogen) atoms. The molecule has 3 N–H and O–H groups in total. The highest BCUT2D eigenvalue weighted by molar-refractivity contribution is 5.86. The van der Waals surface area contributed by atoms with Crippen LogP contribution in [0.2, 0.25) is 0 Å². The number of hydrogen-bond acceptors (Lipinski definition) is 9. The van der Waals surface area contributed by atoms with Crippen molar-refractivity contribution in [2.45, 2.75) is 120 Å². The van der Waals surface area contributed by atoms with Crippen LogP contribution >= 0.6 is 0 Å². The third kappa shape index (κ3) is 5.40. The summed E-state index contributed by atoms with van der Waals surface area (Å²) < 4.78 is 11.6. The zero-order valence-electron chi connectivity index (χ0n) is 25.6. The van der Waals surface area contributed by atoms with Crippen LogP contribution in [0.1, 0.15) is 77.0 Å². The maximum Gasteiger partial charge on any atom is 0.308 e. The van der Waals surface area contributed by atoms with Crippen molar-refractivity contribution >= 4 is 11.8 Å². The Labute approximate surface area is 255 Å². The number of hydroxylamine groups is 1. The number of nitrogens with zero attached hydrogens (tertiary/aromatic N) is 2. The van der Waals surface area contributed by atoms with Crippen LogP contribution in [0, 0.1) is 35.5 Å². The Bertz CT molecular complexity index is 1040. The normalized spacial score (nSPS) is 48.8. The number of piperazine rings is 1. The molecule has 10 nitrogen and oxygen atoms in total. The fraction of sp³-hybridized carbons (Fsp3) is 0.939. The second-order valence-corrected chi connectivity index (χ2v) is 15.2. The molecule has 10 heteroatoms. The summed E-state index contributed by atoms with van der Waals surface area (Å²) in [7, 11) is 0. The summed E-state index contributed by atoms with van der Waals surface area (Å²) >= 11 is 0. The van der Waals surface area contributed by atoms with Crippen LogP contribution in [0.15, 0.2) is 0 Å². The Kier molecular flexibility index (Phi) is 8.33. The predicted molar refractivity (Wildman–Crippen MR) is 158 cm³/mol. The lowest BCUT2D eigenvalue weighted by atomic mass is 9.54. The molecule has 0 bridgehead atoms. The summed E-state index contributed by atoms with van der Waals surface area (Å²) in [4.78, 5) is 38.3. The summed E-state index contributed by atoms with van der Waals surface area (Å²) in [6.07, 6.45) is 13.1. The van der Waals surface area contributed by atoms with Gasteiger partial charge in [0.1, 0.15) is 12.6 Å². The van der Waals surface area contributed by atoms with E-state index in [0.717, 1.165) is 96.9 Å². The molecule has 3 aliphatic heterocycles. The Balaban J connectivity index is 0.985. The molecule has 0 aromatic heterocycles. The Morgan fingerprint density at radius 1 is 0.907 bits per heavy atom. The van der Waals surface area contributed by atoms with Crippen molar-refractivity contribution in [3.63, 3.8) is 0 Å². The lowest BCUT2D eigenvalue weighted by Crippen LogP contribution is -2.68. The number of carbonyl (C=O) groups excluding carboxylic acids is 1. The monoisotopic (exact) mass is 600 g/mol. The van der Waals surface area contributed by atoms with Gasteiger partial charge in [-0.3, -0.25) is 19.3 Å². The largest absolute Gasteiger partial charge is 0.481 e. The number of ether oxygens (including phenoxy) is 2. The minimum Gasteiger partial charge on any atom is -0.481 e. The average molecular weight is 601 g/mol. The Morgan fingerprint density at radius 2 is 1.70 bits per heavy atom. The molecule has 0 amide bonds. The van der Waals surface area contributed by atoms with Gasteiger partial charge in [0, 0.05) is 68.6 Å². The van der Waals surface area contributed by atoms with E-state index < -0.39 is 5.97 Å². The first kappa shape index (κ1) is 29.3. The number of hydrogen-bond donors (Lipinski definition) is 3. The fourth-order valence-electron chi connectivity index (χ4n) is 11.0. The van der Waals surface area contributed by atoms with Gasteiger partial charge in [0.2, 0.25) is 0 Å². The van der Waals surface area contributed by atoms with E-state index in [1.807, 2.05) is 0 Å². The molecule has 8 aliphatic rings. The predicted octanol–water partition coefficient (Wildman–Crippen LogP) is 2.41. The van der Waals surface area contributed by atoms with Crippen LogP contribution in [0.3, 0.4) is 0 Å². The van der Waals surface area contributed by atoms with Crippen LogP contribution in [0.5, 0.6) is 0 Å². The van der Waals surface area contributed by atoms with Crippen LogP contribution in [-0.4, -0.2) is 109 Å². The standard InChI is InChI=1S/C33H52N4O6/c38-31-20-5-1-2-6-21(20)32-29-28(31)24(34-23-8-4-3-7-22(23)33(39)40)16-25(30(29)35-43-32)37-13-11-36(12-14-37)17-19-9-10-26-27(15-19)42-18-41-26/h19-30,32,34-35H,1-18H2,(H,39,40). The lowest BCUT2D eigenvalue weighted by molar-refractivity contribution is -0.150. The molecular formula is C33H52N4O6. The zero-order chi connectivity index (χ0) is 29.1. The number of carboxylic acid groups (broad SMARTS) is 1. The Morgan fingerprint density at radius 3 is 2.56 bits per heavy atom. The van der Waals surface area contributed by atoms with E-state index >= 15 is 0 Å². The summed E-state index contributed by atoms with van der Waals surface area (Å²) in [5.74, 6) is 0.568. The summed E-state index contributed by atoms with van der Waals surface area (Å²) in [6, 6.07) is 0.396. The highest BCUT2D eigenvalue weighted by atomic mass is 16.7. The molecule has 8 rings (SSSR count). The number of ketones is 1. The number of nitrogens with one attached hydrogen (secondary N) is 2. The average Bonchev–Trinajstić information content (AvgIpc) is 3.68. The zero-order valence-corrected chi connectivity index (χ0v) is 25.6. The van der Waals surface area contributed by atoms with Gasteiger partial charge in [-0.2, -0.15) is 5.48 Å². The molecule has 0 spiro atoms. The number of aliphatic carboxylic acids is 1. The van der Waals surface area contributed by atoms with Crippen molar-refractivity contribution in [2.75, 3.05) is 39.5 Å². The molecule has 3 saturated heterocycles. The second-order valence-electron chi connectivity index (χ2n) is 15.2. The van der Waals surface area contributed by atoms with Gasteiger partial charge < -0.3 is 24.8 Å². The SMILES string of the molecule is O=C(O)C1CCCCC1NC1CC(N2CCN(CC3CCC4OCOC4C3)CC2)C2NOC3C4CCCCC4C(=O)C1C23. The van der Waals surface area contributed by atoms with Crippen LogP contribution in [0.4, 0.5) is 0 Å². The quantitative estimate of drug-likeness (QED) is 0.420. The van der Waals surface area contributed by atoms with Gasteiger partial charge in [0.25, 0.3) is 0 Å². The van der Waals surface area contributed by atoms with Gasteiger partial charge in [-0.05, 0) is 63.2 Å². The highest BCUT2D eigenvalue weighted by Gasteiger charge is 2.63. The molecule has 240 valence electrons. The van der Waals surface area contributed by atoms with Gasteiger partial charge in [-0.25, -0.2) is 0 Å². The van der Waals surface area contributed by atoms with Crippen LogP contribution in [-0.2, 0) is 23.9 Å². The van der Waals surface area contributed by atoms with E-state index in [0.29, 0.717) is 30.5 Å². The van der Waals surface area contributed by atoms with E-state index in [1.54, 1.807) is 0 Å². The topological polar surface area (TPSA) is 113 Å². The molecule has 3 heterocycles. The third-order valence-corrected chi connectivity index (χ3v) is 13.1. The van der Waals surface area contributed by atoms with Crippen molar-refractivity contribution in [2.24, 2.45) is 35.5 Å². The van der Waals surface area contributed by atoms with Gasteiger partial charge >= 0.3 is 5.97 Å². The van der Waals surface area contributed by atoms with E-state index in [4.69, 9.17) is 14.3 Å². The second kappa shape index (κ2) is 12.2. The molecule has 13 atom stereocenters. The first-order valence-electron chi connectivity index (χ1n) is 17.7. The van der Waals surface area contributed by atoms with Crippen molar-refractivity contribution in [1.29, 1.82) is 0 Å². The van der Waals surface area contributed by atoms with E-state index in [-0.39, 0.29) is 60.0 Å². The van der Waals surface area contributed by atoms with Crippen molar-refractivity contribution in [1.82, 2.24) is 20.6 Å². The first-order valence-corrected chi connectivity index (χ1v) is 17.7. The van der Waals surface area contributed by atoms with Crippen LogP contribution in [0.25, 0.3) is 0 Å². The van der Waals surface area contributed by atoms with E-state index in [2.05, 4.69) is 20.6 Å². The summed E-state index contributed by atoms with van der Waals surface area (Å²) in [5.41, 5.74) is 3.53. The summed E-state index contributed by atoms with van der Waals surface area (Å²) in [6.45, 7) is 5.78. The smallest absolute Gasteiger partial charge is 0.308 e.